The molecule has 0 radical (unpaired) electrons. The fraction of sp³-hybridized carbons (Fsp3) is 0.364. The topological polar surface area (TPSA) is 64.7 Å². The Hall–Kier alpha value is -1.82. The van der Waals surface area contributed by atoms with E-state index < -0.39 is 0 Å². The predicted molar refractivity (Wildman–Crippen MR) is 68.9 cm³/mol. The van der Waals surface area contributed by atoms with Crippen LogP contribution in [-0.4, -0.2) is 25.5 Å². The largest absolute Gasteiger partial charge is 0.318 e. The first kappa shape index (κ1) is 12.6. The Morgan fingerprint density at radius 2 is 1.94 bits per heavy atom. The summed E-state index contributed by atoms with van der Waals surface area (Å²) < 4.78 is 3.26. The summed E-state index contributed by atoms with van der Waals surface area (Å²) >= 11 is 6.06. The van der Waals surface area contributed by atoms with Gasteiger partial charge in [0.1, 0.15) is 0 Å². The fourth-order valence-corrected chi connectivity index (χ4v) is 1.78. The van der Waals surface area contributed by atoms with E-state index in [1.165, 1.54) is 0 Å². The van der Waals surface area contributed by atoms with E-state index in [0.717, 1.165) is 11.4 Å². The number of aryl methyl sites for hydroxylation is 2. The fourth-order valence-electron chi connectivity index (χ4n) is 1.53. The normalized spacial score (nSPS) is 10.7. The summed E-state index contributed by atoms with van der Waals surface area (Å²) in [5.41, 5.74) is 2.50. The van der Waals surface area contributed by atoms with Gasteiger partial charge in [0.05, 0.1) is 28.3 Å². The van der Waals surface area contributed by atoms with E-state index in [9.17, 15) is 4.79 Å². The molecule has 18 heavy (non-hydrogen) atoms. The number of aromatic nitrogens is 4. The number of hydrogen-bond donors (Lipinski definition) is 1. The van der Waals surface area contributed by atoms with Crippen molar-refractivity contribution in [1.29, 1.82) is 0 Å². The zero-order chi connectivity index (χ0) is 13.4. The Morgan fingerprint density at radius 1 is 1.28 bits per heavy atom. The Labute approximate surface area is 110 Å². The van der Waals surface area contributed by atoms with Crippen molar-refractivity contribution in [2.45, 2.75) is 13.8 Å². The molecule has 0 bridgehead atoms. The molecule has 1 amide bonds. The quantitative estimate of drug-likeness (QED) is 0.900. The van der Waals surface area contributed by atoms with Crippen LogP contribution in [-0.2, 0) is 14.1 Å². The number of anilines is 1. The monoisotopic (exact) mass is 267 g/mol. The summed E-state index contributed by atoms with van der Waals surface area (Å²) in [5, 5.41) is 11.3. The molecule has 0 saturated heterocycles. The molecular formula is C11H14ClN5O. The van der Waals surface area contributed by atoms with Crippen LogP contribution in [0.25, 0.3) is 0 Å². The summed E-state index contributed by atoms with van der Waals surface area (Å²) in [6.07, 6.45) is 1.59. The van der Waals surface area contributed by atoms with E-state index in [-0.39, 0.29) is 11.6 Å². The van der Waals surface area contributed by atoms with E-state index in [1.54, 1.807) is 29.5 Å². The maximum atomic E-state index is 12.1. The number of amides is 1. The predicted octanol–water partition coefficient (Wildman–Crippen LogP) is 1.68. The van der Waals surface area contributed by atoms with Gasteiger partial charge >= 0.3 is 0 Å². The first-order chi connectivity index (χ1) is 8.41. The first-order valence-electron chi connectivity index (χ1n) is 5.41. The Balaban J connectivity index is 2.27. The highest BCUT2D eigenvalue weighted by molar-refractivity contribution is 6.34. The average molecular weight is 268 g/mol. The van der Waals surface area contributed by atoms with Gasteiger partial charge < -0.3 is 5.32 Å². The summed E-state index contributed by atoms with van der Waals surface area (Å²) in [7, 11) is 3.55. The van der Waals surface area contributed by atoms with Crippen LogP contribution in [0, 0.1) is 13.8 Å². The van der Waals surface area contributed by atoms with Gasteiger partial charge in [-0.1, -0.05) is 11.6 Å². The van der Waals surface area contributed by atoms with Crippen molar-refractivity contribution < 1.29 is 4.79 Å². The summed E-state index contributed by atoms with van der Waals surface area (Å²) in [5.74, 6) is -0.334. The lowest BCUT2D eigenvalue weighted by Crippen LogP contribution is -2.14. The number of carbonyl (C=O) groups is 1. The molecular weight excluding hydrogens is 254 g/mol. The summed E-state index contributed by atoms with van der Waals surface area (Å²) in [4.78, 5) is 12.1. The van der Waals surface area contributed by atoms with Crippen LogP contribution >= 0.6 is 11.6 Å². The molecule has 6 nitrogen and oxygen atoms in total. The summed E-state index contributed by atoms with van der Waals surface area (Å²) in [6, 6.07) is 0. The van der Waals surface area contributed by atoms with E-state index >= 15 is 0 Å². The van der Waals surface area contributed by atoms with E-state index in [0.29, 0.717) is 10.7 Å². The number of hydrogen-bond acceptors (Lipinski definition) is 3. The Morgan fingerprint density at radius 3 is 2.39 bits per heavy atom. The van der Waals surface area contributed by atoms with Crippen LogP contribution in [0.4, 0.5) is 5.69 Å². The van der Waals surface area contributed by atoms with Crippen LogP contribution in [0.1, 0.15) is 21.9 Å². The molecule has 0 aliphatic rings. The molecule has 2 rings (SSSR count). The zero-order valence-corrected chi connectivity index (χ0v) is 11.4. The minimum Gasteiger partial charge on any atom is -0.318 e. The molecule has 0 fully saturated rings. The minimum absolute atomic E-state index is 0.222. The van der Waals surface area contributed by atoms with Crippen LogP contribution in [0.15, 0.2) is 6.20 Å². The van der Waals surface area contributed by atoms with E-state index in [2.05, 4.69) is 15.5 Å². The maximum absolute atomic E-state index is 12.1. The third-order valence-electron chi connectivity index (χ3n) is 2.96. The molecule has 1 N–H and O–H groups in total. The molecule has 2 aromatic heterocycles. The second-order valence-electron chi connectivity index (χ2n) is 4.09. The van der Waals surface area contributed by atoms with Gasteiger partial charge in [-0.3, -0.25) is 14.2 Å². The first-order valence-corrected chi connectivity index (χ1v) is 5.78. The Kier molecular flexibility index (Phi) is 3.13. The minimum atomic E-state index is -0.334. The number of carbonyl (C=O) groups excluding carboxylic acids is 1. The number of nitrogens with one attached hydrogen (secondary N) is 1. The van der Waals surface area contributed by atoms with Crippen molar-refractivity contribution in [1.82, 2.24) is 19.6 Å². The molecule has 0 aromatic carbocycles. The van der Waals surface area contributed by atoms with Crippen LogP contribution in [0.5, 0.6) is 0 Å². The standard InChI is InChI=1S/C11H14ClN5O/c1-6-8(5-13-16(6)3)14-11(18)10-9(12)7(2)17(4)15-10/h5H,1-4H3,(H,14,18). The van der Waals surface area contributed by atoms with Crippen molar-refractivity contribution in [2.75, 3.05) is 5.32 Å². The third kappa shape index (κ3) is 1.99. The van der Waals surface area contributed by atoms with Crippen LogP contribution < -0.4 is 5.32 Å². The third-order valence-corrected chi connectivity index (χ3v) is 3.41. The molecule has 0 aliphatic heterocycles. The molecule has 0 saturated carbocycles. The lowest BCUT2D eigenvalue weighted by atomic mass is 10.3. The maximum Gasteiger partial charge on any atom is 0.277 e. The van der Waals surface area contributed by atoms with Gasteiger partial charge in [0.15, 0.2) is 5.69 Å². The van der Waals surface area contributed by atoms with Crippen molar-refractivity contribution >= 4 is 23.2 Å². The van der Waals surface area contributed by atoms with Gasteiger partial charge in [0.2, 0.25) is 0 Å². The average Bonchev–Trinajstić information content (AvgIpc) is 2.77. The molecule has 2 aromatic rings. The number of halogens is 1. The second kappa shape index (κ2) is 4.45. The van der Waals surface area contributed by atoms with Gasteiger partial charge in [-0.05, 0) is 13.8 Å². The van der Waals surface area contributed by atoms with Crippen molar-refractivity contribution in [2.24, 2.45) is 14.1 Å². The van der Waals surface area contributed by atoms with Crippen LogP contribution in [0.3, 0.4) is 0 Å². The van der Waals surface area contributed by atoms with E-state index in [1.807, 2.05) is 14.0 Å². The number of rotatable bonds is 2. The highest BCUT2D eigenvalue weighted by atomic mass is 35.5. The van der Waals surface area contributed by atoms with Crippen molar-refractivity contribution in [3.8, 4) is 0 Å². The van der Waals surface area contributed by atoms with Gasteiger partial charge in [-0.25, -0.2) is 0 Å². The van der Waals surface area contributed by atoms with Gasteiger partial charge in [-0.2, -0.15) is 10.2 Å². The molecule has 0 atom stereocenters. The smallest absolute Gasteiger partial charge is 0.277 e. The lowest BCUT2D eigenvalue weighted by Gasteiger charge is -2.02. The molecule has 96 valence electrons. The van der Waals surface area contributed by atoms with Crippen molar-refractivity contribution in [3.05, 3.63) is 28.3 Å². The molecule has 0 spiro atoms. The molecule has 0 unspecified atom stereocenters. The van der Waals surface area contributed by atoms with Crippen molar-refractivity contribution in [3.63, 3.8) is 0 Å². The number of nitrogens with zero attached hydrogens (tertiary/aromatic N) is 4. The van der Waals surface area contributed by atoms with Gasteiger partial charge in [-0.15, -0.1) is 0 Å². The molecule has 2 heterocycles. The lowest BCUT2D eigenvalue weighted by molar-refractivity contribution is 0.102. The molecule has 7 heteroatoms. The molecule has 0 aliphatic carbocycles. The summed E-state index contributed by atoms with van der Waals surface area (Å²) in [6.45, 7) is 3.68. The zero-order valence-electron chi connectivity index (χ0n) is 10.7. The second-order valence-corrected chi connectivity index (χ2v) is 4.47. The Bertz CT molecular complexity index is 613. The van der Waals surface area contributed by atoms with Gasteiger partial charge in [0.25, 0.3) is 5.91 Å². The van der Waals surface area contributed by atoms with Gasteiger partial charge in [0, 0.05) is 14.1 Å². The highest BCUT2D eigenvalue weighted by Gasteiger charge is 2.19. The van der Waals surface area contributed by atoms with E-state index in [4.69, 9.17) is 11.6 Å². The SMILES string of the molecule is Cc1c(NC(=O)c2nn(C)c(C)c2Cl)cnn1C. The highest BCUT2D eigenvalue weighted by Crippen LogP contribution is 2.21. The van der Waals surface area contributed by atoms with Crippen LogP contribution in [0.2, 0.25) is 5.02 Å².